The Bertz CT molecular complexity index is 1150. The lowest BCUT2D eigenvalue weighted by Crippen LogP contribution is -2.57. The molecule has 3 saturated carbocycles. The average molecular weight is 489 g/mol. The molecule has 1 aromatic carbocycles. The molecule has 2 N–H and O–H groups in total. The average Bonchev–Trinajstić information content (AvgIpc) is 3.38. The quantitative estimate of drug-likeness (QED) is 0.321. The van der Waals surface area contributed by atoms with E-state index in [2.05, 4.69) is 69.0 Å². The first-order chi connectivity index (χ1) is 17.3. The van der Waals surface area contributed by atoms with E-state index in [-0.39, 0.29) is 5.41 Å². The van der Waals surface area contributed by atoms with Gasteiger partial charge < -0.3 is 10.2 Å². The molecule has 8 atom stereocenters. The van der Waals surface area contributed by atoms with Gasteiger partial charge in [0.25, 0.3) is 0 Å². The summed E-state index contributed by atoms with van der Waals surface area (Å²) in [6.45, 7) is 12.5. The Morgan fingerprint density at radius 3 is 2.56 bits per heavy atom. The first-order valence-corrected chi connectivity index (χ1v) is 15.1. The molecule has 0 unspecified atom stereocenters. The van der Waals surface area contributed by atoms with E-state index in [1.807, 2.05) is 0 Å². The summed E-state index contributed by atoms with van der Waals surface area (Å²) in [5, 5.41) is 15.7. The van der Waals surface area contributed by atoms with Crippen LogP contribution >= 0.6 is 0 Å². The number of para-hydroxylation sites is 1. The van der Waals surface area contributed by atoms with Crippen molar-refractivity contribution in [3.63, 3.8) is 0 Å². The fourth-order valence-corrected chi connectivity index (χ4v) is 10.4. The highest BCUT2D eigenvalue weighted by molar-refractivity contribution is 5.91. The van der Waals surface area contributed by atoms with Crippen LogP contribution in [0.15, 0.2) is 29.4 Å². The Morgan fingerprint density at radius 2 is 1.78 bits per heavy atom. The summed E-state index contributed by atoms with van der Waals surface area (Å²) < 4.78 is 0. The third kappa shape index (κ3) is 3.62. The van der Waals surface area contributed by atoms with Crippen molar-refractivity contribution in [2.75, 3.05) is 0 Å². The maximum absolute atomic E-state index is 10.3. The Labute approximate surface area is 218 Å². The number of fused-ring (bicyclic) bond motifs is 8. The van der Waals surface area contributed by atoms with Gasteiger partial charge >= 0.3 is 0 Å². The minimum atomic E-state index is 0.185. The summed E-state index contributed by atoms with van der Waals surface area (Å²) in [5.74, 6) is 5.07. The van der Waals surface area contributed by atoms with Crippen LogP contribution in [0.1, 0.15) is 97.2 Å². The van der Waals surface area contributed by atoms with Gasteiger partial charge in [-0.25, -0.2) is 0 Å². The molecule has 4 aliphatic rings. The molecule has 3 heteroatoms. The van der Waals surface area contributed by atoms with Crippen LogP contribution in [0, 0.1) is 52.3 Å². The normalized spacial score (nSPS) is 39.6. The number of nitrogens with zero attached hydrogens (tertiary/aromatic N) is 1. The minimum absolute atomic E-state index is 0.185. The smallest absolute Gasteiger partial charge is 0.0614 e. The van der Waals surface area contributed by atoms with E-state index in [0.717, 1.165) is 54.6 Å². The highest BCUT2D eigenvalue weighted by atomic mass is 16.4. The topological polar surface area (TPSA) is 48.4 Å². The van der Waals surface area contributed by atoms with Crippen molar-refractivity contribution < 1.29 is 5.21 Å². The third-order valence-corrected chi connectivity index (χ3v) is 12.1. The van der Waals surface area contributed by atoms with Gasteiger partial charge in [-0.1, -0.05) is 77.2 Å². The number of hydrogen-bond acceptors (Lipinski definition) is 2. The number of hydrogen-bond donors (Lipinski definition) is 2. The fourth-order valence-electron chi connectivity index (χ4n) is 10.4. The molecular weight excluding hydrogens is 440 g/mol. The van der Waals surface area contributed by atoms with Gasteiger partial charge in [-0.05, 0) is 103 Å². The zero-order chi connectivity index (χ0) is 25.2. The van der Waals surface area contributed by atoms with E-state index in [4.69, 9.17) is 0 Å². The molecule has 0 bridgehead atoms. The van der Waals surface area contributed by atoms with Crippen molar-refractivity contribution in [3.8, 4) is 0 Å². The van der Waals surface area contributed by atoms with Crippen LogP contribution in [-0.4, -0.2) is 15.9 Å². The molecule has 0 saturated heterocycles. The molecule has 6 rings (SSSR count). The molecule has 2 aromatic rings. The van der Waals surface area contributed by atoms with E-state index in [9.17, 15) is 5.21 Å². The summed E-state index contributed by atoms with van der Waals surface area (Å²) in [5.41, 5.74) is 5.94. The minimum Gasteiger partial charge on any atom is -0.411 e. The third-order valence-electron chi connectivity index (χ3n) is 12.1. The zero-order valence-electron chi connectivity index (χ0n) is 23.3. The number of aromatic amines is 1. The van der Waals surface area contributed by atoms with Crippen molar-refractivity contribution >= 4 is 16.6 Å². The van der Waals surface area contributed by atoms with Gasteiger partial charge in [-0.3, -0.25) is 0 Å². The molecule has 1 heterocycles. The highest BCUT2D eigenvalue weighted by Crippen LogP contribution is 2.67. The predicted molar refractivity (Wildman–Crippen MR) is 150 cm³/mol. The molecule has 36 heavy (non-hydrogen) atoms. The first-order valence-electron chi connectivity index (χ1n) is 15.1. The Kier molecular flexibility index (Phi) is 6.08. The van der Waals surface area contributed by atoms with E-state index in [0.29, 0.717) is 17.3 Å². The second-order valence-electron chi connectivity index (χ2n) is 14.3. The van der Waals surface area contributed by atoms with Gasteiger partial charge in [0.15, 0.2) is 0 Å². The Balaban J connectivity index is 1.30. The van der Waals surface area contributed by atoms with Gasteiger partial charge in [0.1, 0.15) is 0 Å². The number of rotatable bonds is 5. The van der Waals surface area contributed by atoms with Gasteiger partial charge in [0.2, 0.25) is 0 Å². The van der Waals surface area contributed by atoms with Gasteiger partial charge in [0, 0.05) is 22.5 Å². The summed E-state index contributed by atoms with van der Waals surface area (Å²) in [6, 6.07) is 8.84. The summed E-state index contributed by atoms with van der Waals surface area (Å²) in [6.07, 6.45) is 12.8. The van der Waals surface area contributed by atoms with Crippen LogP contribution in [0.2, 0.25) is 0 Å². The van der Waals surface area contributed by atoms with E-state index in [1.54, 1.807) is 5.56 Å². The van der Waals surface area contributed by atoms with Crippen LogP contribution in [0.4, 0.5) is 0 Å². The number of H-pyrrole nitrogens is 1. The molecule has 196 valence electrons. The Hall–Kier alpha value is -1.77. The molecule has 3 fully saturated rings. The SMILES string of the molecule is CC(C)CCC[C@@H](C)[C@H]1CC[C@H]2[C@@H]3C/C(=N/O)[C@H]4Cc5[nH]c6ccccc6c5C[C@]4(C)[C@H]3CC[C@]12C. The lowest BCUT2D eigenvalue weighted by molar-refractivity contribution is -0.0714. The van der Waals surface area contributed by atoms with Crippen molar-refractivity contribution in [2.45, 2.75) is 98.8 Å². The molecule has 0 radical (unpaired) electrons. The van der Waals surface area contributed by atoms with E-state index >= 15 is 0 Å². The number of aromatic nitrogens is 1. The van der Waals surface area contributed by atoms with Crippen molar-refractivity contribution in [2.24, 2.45) is 57.4 Å². The molecular formula is C33H48N2O. The van der Waals surface area contributed by atoms with Gasteiger partial charge in [-0.15, -0.1) is 0 Å². The maximum Gasteiger partial charge on any atom is 0.0614 e. The van der Waals surface area contributed by atoms with Crippen molar-refractivity contribution in [1.29, 1.82) is 0 Å². The monoisotopic (exact) mass is 488 g/mol. The van der Waals surface area contributed by atoms with E-state index in [1.165, 1.54) is 61.5 Å². The molecule has 0 amide bonds. The Morgan fingerprint density at radius 1 is 1.00 bits per heavy atom. The number of oxime groups is 1. The van der Waals surface area contributed by atoms with Crippen LogP contribution < -0.4 is 0 Å². The van der Waals surface area contributed by atoms with Crippen molar-refractivity contribution in [3.05, 3.63) is 35.5 Å². The highest BCUT2D eigenvalue weighted by Gasteiger charge is 2.62. The summed E-state index contributed by atoms with van der Waals surface area (Å²) >= 11 is 0. The second kappa shape index (κ2) is 8.91. The molecule has 1 aromatic heterocycles. The first kappa shape index (κ1) is 24.6. The van der Waals surface area contributed by atoms with Crippen LogP contribution in [0.25, 0.3) is 10.9 Å². The van der Waals surface area contributed by atoms with Crippen LogP contribution in [-0.2, 0) is 12.8 Å². The van der Waals surface area contributed by atoms with Gasteiger partial charge in [-0.2, -0.15) is 0 Å². The van der Waals surface area contributed by atoms with Gasteiger partial charge in [0.05, 0.1) is 5.71 Å². The largest absolute Gasteiger partial charge is 0.411 e. The lowest BCUT2D eigenvalue weighted by Gasteiger charge is -2.60. The summed E-state index contributed by atoms with van der Waals surface area (Å²) in [4.78, 5) is 3.73. The predicted octanol–water partition coefficient (Wildman–Crippen LogP) is 8.64. The second-order valence-corrected chi connectivity index (χ2v) is 14.3. The fraction of sp³-hybridized carbons (Fsp3) is 0.727. The van der Waals surface area contributed by atoms with Crippen molar-refractivity contribution in [1.82, 2.24) is 4.98 Å². The molecule has 3 nitrogen and oxygen atoms in total. The van der Waals surface area contributed by atoms with E-state index < -0.39 is 0 Å². The lowest BCUT2D eigenvalue weighted by atomic mass is 9.44. The van der Waals surface area contributed by atoms with Crippen LogP contribution in [0.5, 0.6) is 0 Å². The molecule has 4 aliphatic carbocycles. The number of nitrogens with one attached hydrogen (secondary N) is 1. The zero-order valence-corrected chi connectivity index (χ0v) is 23.3. The summed E-state index contributed by atoms with van der Waals surface area (Å²) in [7, 11) is 0. The maximum atomic E-state index is 10.3. The molecule has 0 spiro atoms. The number of benzene rings is 1. The molecule has 0 aliphatic heterocycles. The van der Waals surface area contributed by atoms with Crippen LogP contribution in [0.3, 0.4) is 0 Å². The standard InChI is InChI=1S/C33H48N2O/c1-20(2)9-8-10-21(3)25-13-14-26-23-17-31(35-36)28-18-30-24(22-11-6-7-12-29(22)34-30)19-33(28,5)27(23)15-16-32(25,26)4/h6-7,11-12,20-21,23,25-28,34,36H,8-10,13-19H2,1-5H3/b35-31-/t21-,23+,25-,26+,27+,28-,32-,33-/m1/s1.